The molecule has 0 fully saturated rings. The summed E-state index contributed by atoms with van der Waals surface area (Å²) in [6.07, 6.45) is 0. The molecule has 0 aliphatic heterocycles. The summed E-state index contributed by atoms with van der Waals surface area (Å²) < 4.78 is 66.1. The van der Waals surface area contributed by atoms with Gasteiger partial charge in [-0.25, -0.2) is 0 Å². The molecule has 0 unspecified atom stereocenters. The van der Waals surface area contributed by atoms with Gasteiger partial charge in [0.2, 0.25) is 0 Å². The lowest BCUT2D eigenvalue weighted by Crippen LogP contribution is -2.05. The molecule has 0 heterocycles. The Labute approximate surface area is 154 Å². The first-order valence-electron chi connectivity index (χ1n) is 5.54. The summed E-state index contributed by atoms with van der Waals surface area (Å²) in [6, 6.07) is 8.13. The van der Waals surface area contributed by atoms with Gasteiger partial charge in [-0.3, -0.25) is 9.11 Å². The summed E-state index contributed by atoms with van der Waals surface area (Å²) >= 11 is 3.86. The molecule has 118 valence electrons. The summed E-state index contributed by atoms with van der Waals surface area (Å²) in [5.41, 5.74) is 0.00100. The Morgan fingerprint density at radius 2 is 1.00 bits per heavy atom. The average Bonchev–Trinajstić information content (AvgIpc) is 2.35. The average molecular weight is 566 g/mol. The van der Waals surface area contributed by atoms with Crippen molar-refractivity contribution < 1.29 is 25.9 Å². The molecular formula is C12H8I2O6S2. The highest BCUT2D eigenvalue weighted by molar-refractivity contribution is 14.1. The highest BCUT2D eigenvalue weighted by atomic mass is 127. The lowest BCUT2D eigenvalue weighted by Gasteiger charge is -2.12. The lowest BCUT2D eigenvalue weighted by atomic mass is 10.1. The first-order chi connectivity index (χ1) is 10.00. The van der Waals surface area contributed by atoms with Crippen LogP contribution in [0.15, 0.2) is 46.2 Å². The van der Waals surface area contributed by atoms with Gasteiger partial charge in [0.15, 0.2) is 0 Å². The minimum absolute atomic E-state index is 0.000501. The molecule has 2 rings (SSSR count). The Bertz CT molecular complexity index is 872. The zero-order valence-electron chi connectivity index (χ0n) is 10.6. The van der Waals surface area contributed by atoms with E-state index in [1.807, 2.05) is 45.2 Å². The van der Waals surface area contributed by atoms with Crippen LogP contribution >= 0.6 is 45.2 Å². The molecule has 0 atom stereocenters. The van der Waals surface area contributed by atoms with Crippen LogP contribution in [0.25, 0.3) is 11.1 Å². The van der Waals surface area contributed by atoms with Gasteiger partial charge in [-0.2, -0.15) is 16.8 Å². The lowest BCUT2D eigenvalue weighted by molar-refractivity contribution is 0.480. The van der Waals surface area contributed by atoms with Crippen molar-refractivity contribution in [1.82, 2.24) is 0 Å². The van der Waals surface area contributed by atoms with E-state index >= 15 is 0 Å². The smallest absolute Gasteiger partial charge is 0.282 e. The van der Waals surface area contributed by atoms with Gasteiger partial charge in [0.25, 0.3) is 20.2 Å². The van der Waals surface area contributed by atoms with E-state index in [0.717, 1.165) is 0 Å². The maximum Gasteiger partial charge on any atom is 0.295 e. The molecule has 2 aromatic carbocycles. The van der Waals surface area contributed by atoms with Crippen molar-refractivity contribution >= 4 is 65.4 Å². The predicted octanol–water partition coefficient (Wildman–Crippen LogP) is 3.06. The van der Waals surface area contributed by atoms with E-state index in [9.17, 15) is 25.9 Å². The van der Waals surface area contributed by atoms with Crippen LogP contribution in [0, 0.1) is 7.14 Å². The molecule has 0 aliphatic carbocycles. The second-order valence-corrected chi connectivity index (χ2v) is 9.50. The molecule has 0 bridgehead atoms. The number of hydrogen-bond donors (Lipinski definition) is 2. The maximum absolute atomic E-state index is 11.5. The molecule has 0 aliphatic rings. The van der Waals surface area contributed by atoms with E-state index in [1.54, 1.807) is 0 Å². The second kappa shape index (κ2) is 6.32. The van der Waals surface area contributed by atoms with E-state index < -0.39 is 30.0 Å². The van der Waals surface area contributed by atoms with Crippen LogP contribution in [-0.4, -0.2) is 25.9 Å². The van der Waals surface area contributed by atoms with E-state index in [-0.39, 0.29) is 11.1 Å². The van der Waals surface area contributed by atoms with Crippen molar-refractivity contribution in [3.63, 3.8) is 0 Å². The molecule has 0 radical (unpaired) electrons. The predicted molar refractivity (Wildman–Crippen MR) is 96.9 cm³/mol. The third-order valence-corrected chi connectivity index (χ3v) is 5.89. The van der Waals surface area contributed by atoms with Crippen LogP contribution < -0.4 is 0 Å². The molecule has 0 saturated heterocycles. The Balaban J connectivity index is 2.94. The molecular weight excluding hydrogens is 558 g/mol. The molecule has 0 aromatic heterocycles. The van der Waals surface area contributed by atoms with Gasteiger partial charge in [-0.1, -0.05) is 0 Å². The molecule has 6 nitrogen and oxygen atoms in total. The molecule has 10 heteroatoms. The van der Waals surface area contributed by atoms with Crippen molar-refractivity contribution in [2.45, 2.75) is 9.79 Å². The van der Waals surface area contributed by atoms with Crippen molar-refractivity contribution in [2.24, 2.45) is 0 Å². The van der Waals surface area contributed by atoms with Gasteiger partial charge in [0.1, 0.15) is 9.79 Å². The van der Waals surface area contributed by atoms with Crippen LogP contribution in [0.1, 0.15) is 0 Å². The van der Waals surface area contributed by atoms with Crippen molar-refractivity contribution in [3.05, 3.63) is 43.5 Å². The first kappa shape index (κ1) is 18.1. The van der Waals surface area contributed by atoms with Gasteiger partial charge < -0.3 is 0 Å². The third kappa shape index (κ3) is 3.97. The van der Waals surface area contributed by atoms with E-state index in [0.29, 0.717) is 7.14 Å². The summed E-state index contributed by atoms with van der Waals surface area (Å²) in [4.78, 5) is -0.861. The van der Waals surface area contributed by atoms with Gasteiger partial charge in [-0.05, 0) is 81.6 Å². The fourth-order valence-electron chi connectivity index (χ4n) is 1.88. The molecule has 2 aromatic rings. The first-order valence-corrected chi connectivity index (χ1v) is 10.6. The fraction of sp³-hybridized carbons (Fsp3) is 0. The summed E-state index contributed by atoms with van der Waals surface area (Å²) in [7, 11) is -9.11. The van der Waals surface area contributed by atoms with Crippen molar-refractivity contribution in [2.75, 3.05) is 0 Å². The maximum atomic E-state index is 11.5. The highest BCUT2D eigenvalue weighted by Crippen LogP contribution is 2.34. The van der Waals surface area contributed by atoms with Crippen molar-refractivity contribution in [1.29, 1.82) is 0 Å². The zero-order valence-corrected chi connectivity index (χ0v) is 16.5. The van der Waals surface area contributed by atoms with E-state index in [2.05, 4.69) is 0 Å². The number of halogens is 2. The summed E-state index contributed by atoms with van der Waals surface area (Å²) in [5, 5.41) is 0. The molecule has 0 amide bonds. The topological polar surface area (TPSA) is 109 Å². The van der Waals surface area contributed by atoms with E-state index in [4.69, 9.17) is 0 Å². The quantitative estimate of drug-likeness (QED) is 0.437. The fourth-order valence-corrected chi connectivity index (χ4v) is 4.23. The van der Waals surface area contributed by atoms with Crippen LogP contribution in [0.3, 0.4) is 0 Å². The second-order valence-electron chi connectivity index (χ2n) is 4.23. The standard InChI is InChI=1S/C12H8I2O6S2/c13-7-1-3-11(21(15,16)17)9(5-7)10-6-8(14)2-4-12(10)22(18,19)20/h1-6H,(H,15,16,17)(H,18,19,20). The minimum atomic E-state index is -4.56. The van der Waals surface area contributed by atoms with Crippen LogP contribution in [-0.2, 0) is 20.2 Å². The number of rotatable bonds is 3. The highest BCUT2D eigenvalue weighted by Gasteiger charge is 2.23. The normalized spacial score (nSPS) is 12.4. The van der Waals surface area contributed by atoms with Gasteiger partial charge in [0.05, 0.1) is 0 Å². The van der Waals surface area contributed by atoms with Crippen LogP contribution in [0.2, 0.25) is 0 Å². The van der Waals surface area contributed by atoms with E-state index in [1.165, 1.54) is 36.4 Å². The minimum Gasteiger partial charge on any atom is -0.282 e. The van der Waals surface area contributed by atoms with Crippen molar-refractivity contribution in [3.8, 4) is 11.1 Å². The Hall–Kier alpha value is -0.280. The number of hydrogen-bond acceptors (Lipinski definition) is 4. The largest absolute Gasteiger partial charge is 0.295 e. The van der Waals surface area contributed by atoms with Gasteiger partial charge in [-0.15, -0.1) is 0 Å². The van der Waals surface area contributed by atoms with Crippen LogP contribution in [0.5, 0.6) is 0 Å². The number of benzene rings is 2. The molecule has 2 N–H and O–H groups in total. The summed E-state index contributed by atoms with van der Waals surface area (Å²) in [6.45, 7) is 0. The monoisotopic (exact) mass is 566 g/mol. The molecule has 0 saturated carbocycles. The Morgan fingerprint density at radius 3 is 1.27 bits per heavy atom. The Kier molecular flexibility index (Phi) is 5.19. The summed E-state index contributed by atoms with van der Waals surface area (Å²) in [5.74, 6) is 0. The zero-order chi connectivity index (χ0) is 16.7. The molecule has 0 spiro atoms. The van der Waals surface area contributed by atoms with Gasteiger partial charge >= 0.3 is 0 Å². The SMILES string of the molecule is O=S(=O)(O)c1ccc(I)cc1-c1cc(I)ccc1S(=O)(=O)O. The molecule has 22 heavy (non-hydrogen) atoms. The van der Waals surface area contributed by atoms with Gasteiger partial charge in [0, 0.05) is 18.3 Å². The third-order valence-electron chi connectivity index (χ3n) is 2.73. The Morgan fingerprint density at radius 1 is 0.682 bits per heavy atom. The van der Waals surface area contributed by atoms with Crippen LogP contribution in [0.4, 0.5) is 0 Å².